The Balaban J connectivity index is 2.14. The summed E-state index contributed by atoms with van der Waals surface area (Å²) in [7, 11) is 1.65. The summed E-state index contributed by atoms with van der Waals surface area (Å²) in [6.45, 7) is 4.57. The summed E-state index contributed by atoms with van der Waals surface area (Å²) in [6, 6.07) is 0. The van der Waals surface area contributed by atoms with Gasteiger partial charge in [0.2, 0.25) is 0 Å². The van der Waals surface area contributed by atoms with Crippen molar-refractivity contribution in [2.75, 3.05) is 13.7 Å². The van der Waals surface area contributed by atoms with Gasteiger partial charge in [-0.25, -0.2) is 0 Å². The molecule has 0 aromatic carbocycles. The second kappa shape index (κ2) is 2.74. The van der Waals surface area contributed by atoms with Gasteiger partial charge in [-0.1, -0.05) is 24.8 Å². The molecule has 2 rings (SSSR count). The van der Waals surface area contributed by atoms with Gasteiger partial charge in [0.25, 0.3) is 0 Å². The van der Waals surface area contributed by atoms with Crippen molar-refractivity contribution >= 4 is 0 Å². The third-order valence-corrected chi connectivity index (χ3v) is 3.10. The van der Waals surface area contributed by atoms with E-state index >= 15 is 0 Å². The first-order valence-corrected chi connectivity index (χ1v) is 4.56. The molecule has 0 aromatic heterocycles. The minimum absolute atomic E-state index is 0.275. The molecule has 2 heteroatoms. The van der Waals surface area contributed by atoms with Gasteiger partial charge in [-0.2, -0.15) is 0 Å². The van der Waals surface area contributed by atoms with Crippen molar-refractivity contribution in [2.45, 2.75) is 6.42 Å². The van der Waals surface area contributed by atoms with E-state index in [0.29, 0.717) is 5.92 Å². The zero-order valence-electron chi connectivity index (χ0n) is 7.92. The van der Waals surface area contributed by atoms with Crippen LogP contribution in [0.25, 0.3) is 0 Å². The van der Waals surface area contributed by atoms with E-state index in [1.54, 1.807) is 7.11 Å². The average Bonchev–Trinajstić information content (AvgIpc) is 2.90. The van der Waals surface area contributed by atoms with E-state index in [4.69, 9.17) is 10.5 Å². The van der Waals surface area contributed by atoms with Gasteiger partial charge >= 0.3 is 0 Å². The molecule has 70 valence electrons. The Kier molecular flexibility index (Phi) is 1.81. The molecule has 0 bridgehead atoms. The van der Waals surface area contributed by atoms with Crippen LogP contribution in [0.15, 0.2) is 36.1 Å². The molecule has 2 N–H and O–H groups in total. The van der Waals surface area contributed by atoms with E-state index in [1.165, 1.54) is 6.42 Å². The molecule has 1 fully saturated rings. The number of hydrogen-bond acceptors (Lipinski definition) is 2. The predicted molar refractivity (Wildman–Crippen MR) is 53.0 cm³/mol. The van der Waals surface area contributed by atoms with Crippen LogP contribution < -0.4 is 5.73 Å². The number of fused-ring (bicyclic) bond motifs is 1. The summed E-state index contributed by atoms with van der Waals surface area (Å²) in [5, 5.41) is 0. The Morgan fingerprint density at radius 3 is 3.15 bits per heavy atom. The summed E-state index contributed by atoms with van der Waals surface area (Å²) in [4.78, 5) is 0. The van der Waals surface area contributed by atoms with Crippen molar-refractivity contribution in [3.8, 4) is 0 Å². The zero-order valence-corrected chi connectivity index (χ0v) is 7.92. The minimum Gasteiger partial charge on any atom is -0.497 e. The fraction of sp³-hybridized carbons (Fsp3) is 0.455. The van der Waals surface area contributed by atoms with Gasteiger partial charge in [0.05, 0.1) is 7.11 Å². The largest absolute Gasteiger partial charge is 0.497 e. The van der Waals surface area contributed by atoms with Crippen LogP contribution in [-0.2, 0) is 4.74 Å². The van der Waals surface area contributed by atoms with Gasteiger partial charge < -0.3 is 10.5 Å². The smallest absolute Gasteiger partial charge is 0.118 e. The van der Waals surface area contributed by atoms with Gasteiger partial charge in [-0.3, -0.25) is 0 Å². The SMILES string of the molecule is C=C(OC)C1=CC2CC2(CN)C=C1. The summed E-state index contributed by atoms with van der Waals surface area (Å²) in [5.41, 5.74) is 7.08. The third-order valence-electron chi connectivity index (χ3n) is 3.10. The van der Waals surface area contributed by atoms with E-state index in [9.17, 15) is 0 Å². The molecule has 2 nitrogen and oxygen atoms in total. The lowest BCUT2D eigenvalue weighted by molar-refractivity contribution is 0.304. The Bertz CT molecular complexity index is 303. The fourth-order valence-corrected chi connectivity index (χ4v) is 1.90. The monoisotopic (exact) mass is 177 g/mol. The molecular formula is C11H15NO. The normalized spacial score (nSPS) is 34.9. The van der Waals surface area contributed by atoms with Crippen molar-refractivity contribution in [2.24, 2.45) is 17.1 Å². The number of ether oxygens (including phenoxy) is 1. The van der Waals surface area contributed by atoms with E-state index in [1.807, 2.05) is 0 Å². The van der Waals surface area contributed by atoms with Crippen LogP contribution in [0.5, 0.6) is 0 Å². The van der Waals surface area contributed by atoms with E-state index < -0.39 is 0 Å². The lowest BCUT2D eigenvalue weighted by atomic mass is 9.95. The summed E-state index contributed by atoms with van der Waals surface area (Å²) in [6.07, 6.45) is 7.68. The highest BCUT2D eigenvalue weighted by Gasteiger charge is 2.51. The van der Waals surface area contributed by atoms with Gasteiger partial charge in [0.1, 0.15) is 5.76 Å². The lowest BCUT2D eigenvalue weighted by Crippen LogP contribution is -2.16. The average molecular weight is 177 g/mol. The summed E-state index contributed by atoms with van der Waals surface area (Å²) < 4.78 is 5.08. The predicted octanol–water partition coefficient (Wildman–Crippen LogP) is 1.61. The molecule has 1 saturated carbocycles. The number of methoxy groups -OCH3 is 1. The van der Waals surface area contributed by atoms with Crippen LogP contribution in [0.1, 0.15) is 6.42 Å². The van der Waals surface area contributed by atoms with Crippen molar-refractivity contribution in [1.29, 1.82) is 0 Å². The topological polar surface area (TPSA) is 35.2 Å². The maximum absolute atomic E-state index is 5.70. The second-order valence-electron chi connectivity index (χ2n) is 3.83. The molecule has 2 atom stereocenters. The summed E-state index contributed by atoms with van der Waals surface area (Å²) in [5.74, 6) is 1.36. The maximum atomic E-state index is 5.70. The first-order valence-electron chi connectivity index (χ1n) is 4.56. The van der Waals surface area contributed by atoms with Crippen molar-refractivity contribution in [1.82, 2.24) is 0 Å². The highest BCUT2D eigenvalue weighted by molar-refractivity contribution is 5.43. The molecule has 0 spiro atoms. The van der Waals surface area contributed by atoms with Gasteiger partial charge in [-0.05, 0) is 12.3 Å². The molecule has 0 saturated heterocycles. The number of nitrogens with two attached hydrogens (primary N) is 1. The highest BCUT2D eigenvalue weighted by atomic mass is 16.5. The molecule has 0 heterocycles. The van der Waals surface area contributed by atoms with Crippen LogP contribution in [0.4, 0.5) is 0 Å². The Labute approximate surface area is 78.8 Å². The molecule has 13 heavy (non-hydrogen) atoms. The standard InChI is InChI=1S/C11H15NO/c1-8(13-2)9-3-4-11(7-12)6-10(11)5-9/h3-5,10H,1,6-7,12H2,2H3. The van der Waals surface area contributed by atoms with Gasteiger partial charge in [0.15, 0.2) is 0 Å². The molecule has 2 aliphatic carbocycles. The van der Waals surface area contributed by atoms with E-state index in [0.717, 1.165) is 17.9 Å². The first kappa shape index (κ1) is 8.57. The highest BCUT2D eigenvalue weighted by Crippen LogP contribution is 2.56. The van der Waals surface area contributed by atoms with Crippen molar-refractivity contribution < 1.29 is 4.74 Å². The lowest BCUT2D eigenvalue weighted by Gasteiger charge is -2.14. The second-order valence-corrected chi connectivity index (χ2v) is 3.83. The third kappa shape index (κ3) is 1.22. The van der Waals surface area contributed by atoms with Crippen LogP contribution in [0.3, 0.4) is 0 Å². The molecule has 0 aromatic rings. The molecule has 0 radical (unpaired) electrons. The first-order chi connectivity index (χ1) is 6.22. The molecule has 0 aliphatic heterocycles. The Morgan fingerprint density at radius 1 is 1.85 bits per heavy atom. The quantitative estimate of drug-likeness (QED) is 0.665. The van der Waals surface area contributed by atoms with Crippen molar-refractivity contribution in [3.63, 3.8) is 0 Å². The van der Waals surface area contributed by atoms with Crippen LogP contribution in [-0.4, -0.2) is 13.7 Å². The molecular weight excluding hydrogens is 162 g/mol. The minimum atomic E-state index is 0.275. The molecule has 2 unspecified atom stereocenters. The maximum Gasteiger partial charge on any atom is 0.118 e. The fourth-order valence-electron chi connectivity index (χ4n) is 1.90. The Hall–Kier alpha value is -1.02. The van der Waals surface area contributed by atoms with E-state index in [-0.39, 0.29) is 5.41 Å². The Morgan fingerprint density at radius 2 is 2.62 bits per heavy atom. The molecule has 0 amide bonds. The van der Waals surface area contributed by atoms with Crippen LogP contribution in [0, 0.1) is 11.3 Å². The zero-order chi connectivity index (χ0) is 9.47. The van der Waals surface area contributed by atoms with E-state index in [2.05, 4.69) is 24.8 Å². The number of allylic oxidation sites excluding steroid dienone is 2. The van der Waals surface area contributed by atoms with Crippen LogP contribution >= 0.6 is 0 Å². The van der Waals surface area contributed by atoms with Gasteiger partial charge in [-0.15, -0.1) is 0 Å². The summed E-state index contributed by atoms with van der Waals surface area (Å²) >= 11 is 0. The van der Waals surface area contributed by atoms with Crippen LogP contribution in [0.2, 0.25) is 0 Å². The number of hydrogen-bond donors (Lipinski definition) is 1. The van der Waals surface area contributed by atoms with Crippen molar-refractivity contribution in [3.05, 3.63) is 36.1 Å². The molecule has 2 aliphatic rings. The number of rotatable bonds is 3. The van der Waals surface area contributed by atoms with Gasteiger partial charge in [0, 0.05) is 17.5 Å².